The van der Waals surface area contributed by atoms with E-state index in [1.54, 1.807) is 24.8 Å². The van der Waals surface area contributed by atoms with E-state index in [9.17, 15) is 4.79 Å². The molecule has 1 amide bonds. The van der Waals surface area contributed by atoms with Crippen LogP contribution in [0, 0.1) is 12.8 Å². The number of amides is 1. The predicted molar refractivity (Wildman–Crippen MR) is 132 cm³/mol. The van der Waals surface area contributed by atoms with E-state index in [0.717, 1.165) is 69.7 Å². The third kappa shape index (κ3) is 4.66. The van der Waals surface area contributed by atoms with E-state index in [4.69, 9.17) is 4.74 Å². The molecule has 2 aromatic heterocycles. The molecule has 3 heterocycles. The highest BCUT2D eigenvalue weighted by atomic mass is 32.1. The standard InChI is InChI=1S/C25H25N5O2S/c1-16-28-22-13-19(5-8-23(22)33-16)29-25(31)18-9-11-30(12-10-18)24-14-21(26-15-27-24)17-3-6-20(32-2)7-4-17/h3-8,13-15,18H,9-12H2,1-2H3,(H,29,31). The molecule has 1 saturated heterocycles. The van der Waals surface area contributed by atoms with Crippen molar-refractivity contribution in [2.24, 2.45) is 5.92 Å². The molecule has 2 aromatic carbocycles. The maximum Gasteiger partial charge on any atom is 0.227 e. The summed E-state index contributed by atoms with van der Waals surface area (Å²) in [5.41, 5.74) is 3.62. The number of nitrogens with one attached hydrogen (secondary N) is 1. The molecule has 5 rings (SSSR count). The molecule has 7 nitrogen and oxygen atoms in total. The molecular weight excluding hydrogens is 434 g/mol. The normalized spacial score (nSPS) is 14.4. The first-order chi connectivity index (χ1) is 16.1. The van der Waals surface area contributed by atoms with Crippen molar-refractivity contribution in [1.82, 2.24) is 15.0 Å². The summed E-state index contributed by atoms with van der Waals surface area (Å²) in [6, 6.07) is 15.8. The topological polar surface area (TPSA) is 80.2 Å². The molecule has 1 aliphatic rings. The molecule has 1 aliphatic heterocycles. The Morgan fingerprint density at radius 3 is 2.64 bits per heavy atom. The number of piperidine rings is 1. The number of ether oxygens (including phenoxy) is 1. The summed E-state index contributed by atoms with van der Waals surface area (Å²) in [5.74, 6) is 1.76. The fourth-order valence-corrected chi connectivity index (χ4v) is 4.98. The number of thiazole rings is 1. The third-order valence-electron chi connectivity index (χ3n) is 5.99. The lowest BCUT2D eigenvalue weighted by Gasteiger charge is -2.32. The molecule has 8 heteroatoms. The van der Waals surface area contributed by atoms with E-state index in [-0.39, 0.29) is 11.8 Å². The van der Waals surface area contributed by atoms with Gasteiger partial charge in [0.25, 0.3) is 0 Å². The predicted octanol–water partition coefficient (Wildman–Crippen LogP) is 4.93. The van der Waals surface area contributed by atoms with Gasteiger partial charge in [-0.3, -0.25) is 4.79 Å². The Morgan fingerprint density at radius 2 is 1.88 bits per heavy atom. The van der Waals surface area contributed by atoms with Gasteiger partial charge in [-0.25, -0.2) is 15.0 Å². The zero-order valence-corrected chi connectivity index (χ0v) is 19.4. The summed E-state index contributed by atoms with van der Waals surface area (Å²) >= 11 is 1.66. The van der Waals surface area contributed by atoms with Gasteiger partial charge >= 0.3 is 0 Å². The SMILES string of the molecule is COc1ccc(-c2cc(N3CCC(C(=O)Nc4ccc5sc(C)nc5c4)CC3)ncn2)cc1. The zero-order chi connectivity index (χ0) is 22.8. The van der Waals surface area contributed by atoms with Gasteiger partial charge in [-0.05, 0) is 62.2 Å². The summed E-state index contributed by atoms with van der Waals surface area (Å²) in [4.78, 5) is 28.5. The molecule has 0 atom stereocenters. The van der Waals surface area contributed by atoms with Gasteiger partial charge in [0.2, 0.25) is 5.91 Å². The van der Waals surface area contributed by atoms with Crippen LogP contribution in [0.4, 0.5) is 11.5 Å². The monoisotopic (exact) mass is 459 g/mol. The molecule has 0 bridgehead atoms. The number of carbonyl (C=O) groups excluding carboxylic acids is 1. The van der Waals surface area contributed by atoms with E-state index in [2.05, 4.69) is 25.2 Å². The highest BCUT2D eigenvalue weighted by Crippen LogP contribution is 2.28. The second kappa shape index (κ2) is 9.15. The van der Waals surface area contributed by atoms with Crippen LogP contribution in [-0.4, -0.2) is 41.1 Å². The maximum absolute atomic E-state index is 12.9. The van der Waals surface area contributed by atoms with E-state index in [0.29, 0.717) is 0 Å². The second-order valence-electron chi connectivity index (χ2n) is 8.16. The number of carbonyl (C=O) groups is 1. The average Bonchev–Trinajstić information content (AvgIpc) is 3.23. The Labute approximate surface area is 196 Å². The number of fused-ring (bicyclic) bond motifs is 1. The lowest BCUT2D eigenvalue weighted by atomic mass is 9.95. The van der Waals surface area contributed by atoms with Gasteiger partial charge in [0.15, 0.2) is 0 Å². The number of nitrogens with zero attached hydrogens (tertiary/aromatic N) is 4. The summed E-state index contributed by atoms with van der Waals surface area (Å²) in [5, 5.41) is 4.11. The minimum atomic E-state index is -0.0167. The first-order valence-electron chi connectivity index (χ1n) is 11.0. The number of methoxy groups -OCH3 is 1. The van der Waals surface area contributed by atoms with Crippen LogP contribution in [0.1, 0.15) is 17.8 Å². The molecule has 0 unspecified atom stereocenters. The largest absolute Gasteiger partial charge is 0.497 e. The molecule has 0 radical (unpaired) electrons. The highest BCUT2D eigenvalue weighted by molar-refractivity contribution is 7.18. The van der Waals surface area contributed by atoms with Crippen molar-refractivity contribution in [2.45, 2.75) is 19.8 Å². The van der Waals surface area contributed by atoms with E-state index in [1.807, 2.05) is 55.5 Å². The van der Waals surface area contributed by atoms with Crippen molar-refractivity contribution in [3.05, 3.63) is 59.9 Å². The van der Waals surface area contributed by atoms with Crippen LogP contribution >= 0.6 is 11.3 Å². The molecule has 0 saturated carbocycles. The Kier molecular flexibility index (Phi) is 5.92. The quantitative estimate of drug-likeness (QED) is 0.456. The van der Waals surface area contributed by atoms with E-state index >= 15 is 0 Å². The maximum atomic E-state index is 12.9. The number of hydrogen-bond acceptors (Lipinski definition) is 7. The van der Waals surface area contributed by atoms with Gasteiger partial charge in [0, 0.05) is 36.3 Å². The van der Waals surface area contributed by atoms with Crippen LogP contribution in [0.25, 0.3) is 21.5 Å². The minimum Gasteiger partial charge on any atom is -0.497 e. The Hall–Kier alpha value is -3.52. The van der Waals surface area contributed by atoms with Crippen LogP contribution in [0.5, 0.6) is 5.75 Å². The molecular formula is C25H25N5O2S. The van der Waals surface area contributed by atoms with Crippen molar-refractivity contribution >= 4 is 39.0 Å². The fraction of sp³-hybridized carbons (Fsp3) is 0.280. The lowest BCUT2D eigenvalue weighted by Crippen LogP contribution is -2.38. The van der Waals surface area contributed by atoms with Crippen molar-refractivity contribution in [3.63, 3.8) is 0 Å². The molecule has 1 fully saturated rings. The van der Waals surface area contributed by atoms with Gasteiger partial charge in [0.05, 0.1) is 28.0 Å². The smallest absolute Gasteiger partial charge is 0.227 e. The summed E-state index contributed by atoms with van der Waals surface area (Å²) in [7, 11) is 1.65. The number of benzene rings is 2. The summed E-state index contributed by atoms with van der Waals surface area (Å²) in [6.45, 7) is 3.55. The molecule has 33 heavy (non-hydrogen) atoms. The van der Waals surface area contributed by atoms with Crippen molar-refractivity contribution in [3.8, 4) is 17.0 Å². The van der Waals surface area contributed by atoms with Gasteiger partial charge < -0.3 is 15.0 Å². The van der Waals surface area contributed by atoms with Crippen LogP contribution in [0.2, 0.25) is 0 Å². The molecule has 0 aliphatic carbocycles. The van der Waals surface area contributed by atoms with Crippen LogP contribution in [0.15, 0.2) is 54.9 Å². The number of aromatic nitrogens is 3. The first kappa shape index (κ1) is 21.3. The van der Waals surface area contributed by atoms with Crippen molar-refractivity contribution in [2.75, 3.05) is 30.4 Å². The molecule has 4 aromatic rings. The summed E-state index contributed by atoms with van der Waals surface area (Å²) in [6.07, 6.45) is 3.17. The summed E-state index contributed by atoms with van der Waals surface area (Å²) < 4.78 is 6.37. The van der Waals surface area contributed by atoms with Crippen molar-refractivity contribution < 1.29 is 9.53 Å². The Bertz CT molecular complexity index is 1280. The lowest BCUT2D eigenvalue weighted by molar-refractivity contribution is -0.120. The van der Waals surface area contributed by atoms with Gasteiger partial charge in [-0.1, -0.05) is 0 Å². The number of rotatable bonds is 5. The first-order valence-corrected chi connectivity index (χ1v) is 11.8. The van der Waals surface area contributed by atoms with Crippen LogP contribution < -0.4 is 15.0 Å². The second-order valence-corrected chi connectivity index (χ2v) is 9.39. The Morgan fingerprint density at radius 1 is 1.09 bits per heavy atom. The van der Waals surface area contributed by atoms with Gasteiger partial charge in [-0.15, -0.1) is 11.3 Å². The van der Waals surface area contributed by atoms with E-state index < -0.39 is 0 Å². The highest BCUT2D eigenvalue weighted by Gasteiger charge is 2.26. The van der Waals surface area contributed by atoms with E-state index in [1.165, 1.54) is 0 Å². The zero-order valence-electron chi connectivity index (χ0n) is 18.6. The third-order valence-corrected chi connectivity index (χ3v) is 6.94. The van der Waals surface area contributed by atoms with Gasteiger partial charge in [0.1, 0.15) is 17.9 Å². The minimum absolute atomic E-state index is 0.0167. The number of anilines is 2. The average molecular weight is 460 g/mol. The molecule has 1 N–H and O–H groups in total. The van der Waals surface area contributed by atoms with Crippen molar-refractivity contribution in [1.29, 1.82) is 0 Å². The number of hydrogen-bond donors (Lipinski definition) is 1. The number of aryl methyl sites for hydroxylation is 1. The van der Waals surface area contributed by atoms with Crippen LogP contribution in [-0.2, 0) is 4.79 Å². The molecule has 168 valence electrons. The van der Waals surface area contributed by atoms with Crippen LogP contribution in [0.3, 0.4) is 0 Å². The molecule has 0 spiro atoms. The fourth-order valence-electron chi connectivity index (χ4n) is 4.18. The Balaban J connectivity index is 1.21. The van der Waals surface area contributed by atoms with Gasteiger partial charge in [-0.2, -0.15) is 0 Å².